The molecule has 0 saturated carbocycles. The monoisotopic (exact) mass is 361 g/mol. The Morgan fingerprint density at radius 3 is 2.22 bits per heavy atom. The first-order valence-corrected chi connectivity index (χ1v) is 7.99. The summed E-state index contributed by atoms with van der Waals surface area (Å²) in [7, 11) is 0. The number of rotatable bonds is 1. The maximum atomic E-state index is 13.2. The number of hydrogen-bond donors (Lipinski definition) is 0. The molecular formula is C21H10F3N3. The minimum Gasteiger partial charge on any atom is -0.308 e. The van der Waals surface area contributed by atoms with Gasteiger partial charge in [0.1, 0.15) is 6.07 Å². The number of hydrogen-bond acceptors (Lipinski definition) is 2. The molecule has 0 bridgehead atoms. The van der Waals surface area contributed by atoms with Crippen LogP contribution in [0.3, 0.4) is 0 Å². The molecule has 0 aliphatic carbocycles. The van der Waals surface area contributed by atoms with Crippen LogP contribution in [0.2, 0.25) is 0 Å². The summed E-state index contributed by atoms with van der Waals surface area (Å²) in [6, 6.07) is 19.4. The Labute approximate surface area is 152 Å². The molecule has 4 rings (SSSR count). The van der Waals surface area contributed by atoms with Crippen molar-refractivity contribution in [3.63, 3.8) is 0 Å². The zero-order valence-corrected chi connectivity index (χ0v) is 13.7. The van der Waals surface area contributed by atoms with Crippen molar-refractivity contribution >= 4 is 21.8 Å². The molecule has 1 aromatic heterocycles. The van der Waals surface area contributed by atoms with Crippen LogP contribution in [0, 0.1) is 22.7 Å². The maximum Gasteiger partial charge on any atom is 0.416 e. The van der Waals surface area contributed by atoms with Crippen LogP contribution in [0.4, 0.5) is 13.2 Å². The van der Waals surface area contributed by atoms with Gasteiger partial charge in [0.2, 0.25) is 0 Å². The Morgan fingerprint density at radius 2 is 1.52 bits per heavy atom. The number of nitriles is 2. The number of aromatic nitrogens is 1. The largest absolute Gasteiger partial charge is 0.416 e. The normalized spacial score (nSPS) is 11.4. The van der Waals surface area contributed by atoms with Crippen LogP contribution in [0.1, 0.15) is 16.7 Å². The van der Waals surface area contributed by atoms with Gasteiger partial charge in [-0.3, -0.25) is 0 Å². The number of alkyl halides is 3. The Balaban J connectivity index is 2.16. The van der Waals surface area contributed by atoms with Gasteiger partial charge in [0.15, 0.2) is 0 Å². The fourth-order valence-electron chi connectivity index (χ4n) is 3.29. The molecule has 0 aliphatic rings. The second-order valence-corrected chi connectivity index (χ2v) is 6.04. The first kappa shape index (κ1) is 16.7. The highest BCUT2D eigenvalue weighted by molar-refractivity contribution is 6.09. The van der Waals surface area contributed by atoms with Crippen molar-refractivity contribution in [1.29, 1.82) is 10.5 Å². The van der Waals surface area contributed by atoms with E-state index in [2.05, 4.69) is 6.07 Å². The SMILES string of the molecule is N#Cc1ccc(C#N)c(-n2c3ccccc3c3cc(C(F)(F)F)ccc32)c1. The van der Waals surface area contributed by atoms with E-state index in [1.807, 2.05) is 6.07 Å². The van der Waals surface area contributed by atoms with Crippen LogP contribution in [-0.4, -0.2) is 4.57 Å². The van der Waals surface area contributed by atoms with Crippen molar-refractivity contribution in [1.82, 2.24) is 4.57 Å². The van der Waals surface area contributed by atoms with Crippen LogP contribution in [0.15, 0.2) is 60.7 Å². The smallest absolute Gasteiger partial charge is 0.308 e. The fraction of sp³-hybridized carbons (Fsp3) is 0.0476. The zero-order valence-electron chi connectivity index (χ0n) is 13.7. The third kappa shape index (κ3) is 2.59. The lowest BCUT2D eigenvalue weighted by Crippen LogP contribution is -2.04. The second-order valence-electron chi connectivity index (χ2n) is 6.04. The zero-order chi connectivity index (χ0) is 19.2. The van der Waals surface area contributed by atoms with Crippen molar-refractivity contribution in [3.8, 4) is 17.8 Å². The molecule has 0 spiro atoms. The quantitative estimate of drug-likeness (QED) is 0.447. The molecule has 130 valence electrons. The summed E-state index contributed by atoms with van der Waals surface area (Å²) in [5, 5.41) is 19.8. The lowest BCUT2D eigenvalue weighted by molar-refractivity contribution is -0.137. The summed E-state index contributed by atoms with van der Waals surface area (Å²) in [4.78, 5) is 0. The lowest BCUT2D eigenvalue weighted by atomic mass is 10.1. The Bertz CT molecular complexity index is 1280. The molecule has 0 unspecified atom stereocenters. The Hall–Kier alpha value is -3.77. The maximum absolute atomic E-state index is 13.2. The molecule has 6 heteroatoms. The van der Waals surface area contributed by atoms with Crippen molar-refractivity contribution in [2.45, 2.75) is 6.18 Å². The van der Waals surface area contributed by atoms with Gasteiger partial charge in [-0.1, -0.05) is 18.2 Å². The van der Waals surface area contributed by atoms with E-state index in [1.54, 1.807) is 41.0 Å². The van der Waals surface area contributed by atoms with Gasteiger partial charge in [0, 0.05) is 10.8 Å². The van der Waals surface area contributed by atoms with Crippen molar-refractivity contribution in [2.24, 2.45) is 0 Å². The Kier molecular flexibility index (Phi) is 3.64. The Morgan fingerprint density at radius 1 is 0.778 bits per heavy atom. The van der Waals surface area contributed by atoms with E-state index in [0.717, 1.165) is 12.1 Å². The summed E-state index contributed by atoms with van der Waals surface area (Å²) >= 11 is 0. The molecule has 0 N–H and O–H groups in total. The van der Waals surface area contributed by atoms with Crippen LogP contribution < -0.4 is 0 Å². The van der Waals surface area contributed by atoms with Crippen LogP contribution >= 0.6 is 0 Å². The van der Waals surface area contributed by atoms with Gasteiger partial charge in [-0.15, -0.1) is 0 Å². The van der Waals surface area contributed by atoms with E-state index in [4.69, 9.17) is 0 Å². The number of para-hydroxylation sites is 1. The van der Waals surface area contributed by atoms with Gasteiger partial charge in [-0.2, -0.15) is 23.7 Å². The molecule has 0 fully saturated rings. The van der Waals surface area contributed by atoms with E-state index in [1.165, 1.54) is 12.1 Å². The molecule has 1 heterocycles. The summed E-state index contributed by atoms with van der Waals surface area (Å²) in [5.74, 6) is 0. The highest BCUT2D eigenvalue weighted by Crippen LogP contribution is 2.37. The van der Waals surface area contributed by atoms with Crippen molar-refractivity contribution in [3.05, 3.63) is 77.4 Å². The van der Waals surface area contributed by atoms with Gasteiger partial charge in [-0.25, -0.2) is 0 Å². The van der Waals surface area contributed by atoms with Crippen molar-refractivity contribution < 1.29 is 13.2 Å². The molecule has 0 aliphatic heterocycles. The number of benzene rings is 3. The third-order valence-electron chi connectivity index (χ3n) is 4.49. The van der Waals surface area contributed by atoms with Gasteiger partial charge in [0.25, 0.3) is 0 Å². The molecule has 27 heavy (non-hydrogen) atoms. The summed E-state index contributed by atoms with van der Waals surface area (Å²) in [6.07, 6.45) is -4.45. The van der Waals surface area contributed by atoms with Crippen LogP contribution in [0.5, 0.6) is 0 Å². The highest BCUT2D eigenvalue weighted by Gasteiger charge is 2.31. The molecule has 3 aromatic carbocycles. The second kappa shape index (κ2) is 5.89. The number of nitrogens with zero attached hydrogens (tertiary/aromatic N) is 3. The van der Waals surface area contributed by atoms with Gasteiger partial charge in [0.05, 0.1) is 39.5 Å². The van der Waals surface area contributed by atoms with E-state index < -0.39 is 11.7 Å². The standard InChI is InChI=1S/C21H10F3N3/c22-21(23,24)15-7-8-19-17(10-15)16-3-1-2-4-18(16)27(19)20-9-13(11-25)5-6-14(20)12-26/h1-10H. The van der Waals surface area contributed by atoms with Gasteiger partial charge in [-0.05, 0) is 42.5 Å². The van der Waals surface area contributed by atoms with E-state index in [9.17, 15) is 23.7 Å². The molecule has 0 amide bonds. The first-order valence-electron chi connectivity index (χ1n) is 7.99. The van der Waals surface area contributed by atoms with Gasteiger partial charge >= 0.3 is 6.18 Å². The third-order valence-corrected chi connectivity index (χ3v) is 4.49. The molecule has 0 radical (unpaired) electrons. The fourth-order valence-corrected chi connectivity index (χ4v) is 3.29. The van der Waals surface area contributed by atoms with Crippen molar-refractivity contribution in [2.75, 3.05) is 0 Å². The predicted molar refractivity (Wildman–Crippen MR) is 95.2 cm³/mol. The molecular weight excluding hydrogens is 351 g/mol. The average Bonchev–Trinajstić information content (AvgIpc) is 3.00. The molecule has 4 aromatic rings. The topological polar surface area (TPSA) is 52.5 Å². The van der Waals surface area contributed by atoms with Crippen LogP contribution in [0.25, 0.3) is 27.5 Å². The van der Waals surface area contributed by atoms with E-state index in [0.29, 0.717) is 38.6 Å². The summed E-state index contributed by atoms with van der Waals surface area (Å²) < 4.78 is 41.3. The molecule has 0 saturated heterocycles. The molecule has 0 atom stereocenters. The van der Waals surface area contributed by atoms with E-state index >= 15 is 0 Å². The average molecular weight is 361 g/mol. The minimum absolute atomic E-state index is 0.330. The predicted octanol–water partition coefficient (Wildman–Crippen LogP) is 5.55. The summed E-state index contributed by atoms with van der Waals surface area (Å²) in [5.41, 5.74) is 1.62. The number of fused-ring (bicyclic) bond motifs is 3. The number of halogens is 3. The summed E-state index contributed by atoms with van der Waals surface area (Å²) in [6.45, 7) is 0. The minimum atomic E-state index is -4.45. The lowest BCUT2D eigenvalue weighted by Gasteiger charge is -2.11. The van der Waals surface area contributed by atoms with Crippen LogP contribution in [-0.2, 0) is 6.18 Å². The highest BCUT2D eigenvalue weighted by atomic mass is 19.4. The molecule has 3 nitrogen and oxygen atoms in total. The van der Waals surface area contributed by atoms with Gasteiger partial charge < -0.3 is 4.57 Å². The van der Waals surface area contributed by atoms with E-state index in [-0.39, 0.29) is 0 Å². The first-order chi connectivity index (χ1) is 12.9.